The number of benzene rings is 1. The van der Waals surface area contributed by atoms with E-state index in [2.05, 4.69) is 29.8 Å². The number of carbonyl (C=O) groups is 1. The zero-order chi connectivity index (χ0) is 15.0. The Morgan fingerprint density at radius 3 is 2.48 bits per heavy atom. The third kappa shape index (κ3) is 3.18. The average molecular weight is 354 g/mol. The van der Waals surface area contributed by atoms with Crippen molar-refractivity contribution in [3.05, 3.63) is 22.2 Å². The van der Waals surface area contributed by atoms with Gasteiger partial charge in [-0.25, -0.2) is 0 Å². The molecule has 1 aliphatic heterocycles. The van der Waals surface area contributed by atoms with Crippen LogP contribution in [0.3, 0.4) is 0 Å². The van der Waals surface area contributed by atoms with E-state index in [1.807, 2.05) is 17.0 Å². The summed E-state index contributed by atoms with van der Waals surface area (Å²) in [6.45, 7) is 5.28. The SMILES string of the molecule is CC(C)N(C(=O)Cc1cc2c(cc1Br)OCCO2)C1CC1. The molecule has 1 aromatic carbocycles. The summed E-state index contributed by atoms with van der Waals surface area (Å²) < 4.78 is 12.0. The first-order chi connectivity index (χ1) is 10.1. The fourth-order valence-electron chi connectivity index (χ4n) is 2.76. The smallest absolute Gasteiger partial charge is 0.227 e. The maximum Gasteiger partial charge on any atom is 0.227 e. The van der Waals surface area contributed by atoms with Gasteiger partial charge in [-0.3, -0.25) is 4.79 Å². The number of carbonyl (C=O) groups excluding carboxylic acids is 1. The van der Waals surface area contributed by atoms with Gasteiger partial charge in [-0.15, -0.1) is 0 Å². The summed E-state index contributed by atoms with van der Waals surface area (Å²) in [6, 6.07) is 4.50. The lowest BCUT2D eigenvalue weighted by Gasteiger charge is -2.27. The predicted octanol–water partition coefficient (Wildman–Crippen LogP) is 3.16. The Hall–Kier alpha value is -1.23. The van der Waals surface area contributed by atoms with Crippen LogP contribution in [0, 0.1) is 0 Å². The van der Waals surface area contributed by atoms with Crippen LogP contribution in [-0.2, 0) is 11.2 Å². The van der Waals surface area contributed by atoms with Gasteiger partial charge in [0.05, 0.1) is 6.42 Å². The highest BCUT2D eigenvalue weighted by Crippen LogP contribution is 2.36. The van der Waals surface area contributed by atoms with Gasteiger partial charge in [0, 0.05) is 16.6 Å². The highest BCUT2D eigenvalue weighted by atomic mass is 79.9. The number of amides is 1. The normalized spacial score (nSPS) is 17.0. The lowest BCUT2D eigenvalue weighted by atomic mass is 10.1. The van der Waals surface area contributed by atoms with Gasteiger partial charge in [-0.1, -0.05) is 15.9 Å². The van der Waals surface area contributed by atoms with Gasteiger partial charge in [0.2, 0.25) is 5.91 Å². The van der Waals surface area contributed by atoms with Crippen molar-refractivity contribution in [1.29, 1.82) is 0 Å². The quantitative estimate of drug-likeness (QED) is 0.834. The first-order valence-corrected chi connectivity index (χ1v) is 8.24. The Morgan fingerprint density at radius 2 is 1.90 bits per heavy atom. The lowest BCUT2D eigenvalue weighted by Crippen LogP contribution is -2.39. The van der Waals surface area contributed by atoms with Crippen molar-refractivity contribution in [2.45, 2.75) is 45.2 Å². The summed E-state index contributed by atoms with van der Waals surface area (Å²) in [7, 11) is 0. The topological polar surface area (TPSA) is 38.8 Å². The molecule has 1 aliphatic carbocycles. The van der Waals surface area contributed by atoms with Crippen LogP contribution >= 0.6 is 15.9 Å². The first-order valence-electron chi connectivity index (χ1n) is 7.45. The van der Waals surface area contributed by atoms with Crippen LogP contribution in [0.2, 0.25) is 0 Å². The van der Waals surface area contributed by atoms with E-state index in [9.17, 15) is 4.79 Å². The maximum atomic E-state index is 12.6. The van der Waals surface area contributed by atoms with Gasteiger partial charge in [-0.2, -0.15) is 0 Å². The molecule has 21 heavy (non-hydrogen) atoms. The highest BCUT2D eigenvalue weighted by molar-refractivity contribution is 9.10. The summed E-state index contributed by atoms with van der Waals surface area (Å²) >= 11 is 3.54. The Bertz CT molecular complexity index is 553. The molecule has 0 radical (unpaired) electrons. The fraction of sp³-hybridized carbons (Fsp3) is 0.562. The molecule has 1 aromatic rings. The largest absolute Gasteiger partial charge is 0.486 e. The van der Waals surface area contributed by atoms with E-state index < -0.39 is 0 Å². The summed E-state index contributed by atoms with van der Waals surface area (Å²) in [6.07, 6.45) is 2.66. The monoisotopic (exact) mass is 353 g/mol. The Kier molecular flexibility index (Phi) is 4.11. The van der Waals surface area contributed by atoms with Crippen molar-refractivity contribution in [3.63, 3.8) is 0 Å². The number of hydrogen-bond acceptors (Lipinski definition) is 3. The van der Waals surface area contributed by atoms with Crippen LogP contribution in [0.5, 0.6) is 11.5 Å². The lowest BCUT2D eigenvalue weighted by molar-refractivity contribution is -0.132. The molecular weight excluding hydrogens is 334 g/mol. The van der Waals surface area contributed by atoms with E-state index in [-0.39, 0.29) is 11.9 Å². The van der Waals surface area contributed by atoms with Crippen LogP contribution in [-0.4, -0.2) is 36.1 Å². The molecule has 2 aliphatic rings. The molecule has 0 atom stereocenters. The molecular formula is C16H20BrNO3. The molecule has 0 N–H and O–H groups in total. The number of fused-ring (bicyclic) bond motifs is 1. The van der Waals surface area contributed by atoms with E-state index in [0.29, 0.717) is 25.7 Å². The summed E-state index contributed by atoms with van der Waals surface area (Å²) in [5.41, 5.74) is 0.954. The minimum absolute atomic E-state index is 0.185. The van der Waals surface area contributed by atoms with Gasteiger partial charge in [-0.05, 0) is 44.4 Å². The maximum absolute atomic E-state index is 12.6. The number of halogens is 1. The van der Waals surface area contributed by atoms with E-state index in [1.165, 1.54) is 0 Å². The van der Waals surface area contributed by atoms with Crippen molar-refractivity contribution >= 4 is 21.8 Å². The molecule has 1 heterocycles. The molecule has 0 unspecified atom stereocenters. The van der Waals surface area contributed by atoms with Crippen molar-refractivity contribution in [3.8, 4) is 11.5 Å². The standard InChI is InChI=1S/C16H20BrNO3/c1-10(2)18(12-3-4-12)16(19)8-11-7-14-15(9-13(11)17)21-6-5-20-14/h7,9-10,12H,3-6,8H2,1-2H3. The van der Waals surface area contributed by atoms with E-state index in [0.717, 1.165) is 34.4 Å². The molecule has 0 aromatic heterocycles. The van der Waals surface area contributed by atoms with Crippen LogP contribution in [0.1, 0.15) is 32.3 Å². The van der Waals surface area contributed by atoms with Crippen LogP contribution in [0.25, 0.3) is 0 Å². The third-order valence-corrected chi connectivity index (χ3v) is 4.58. The zero-order valence-electron chi connectivity index (χ0n) is 12.4. The average Bonchev–Trinajstić information content (AvgIpc) is 3.24. The van der Waals surface area contributed by atoms with E-state index >= 15 is 0 Å². The van der Waals surface area contributed by atoms with Gasteiger partial charge in [0.1, 0.15) is 13.2 Å². The minimum Gasteiger partial charge on any atom is -0.486 e. The molecule has 1 amide bonds. The van der Waals surface area contributed by atoms with Crippen molar-refractivity contribution in [2.75, 3.05) is 13.2 Å². The van der Waals surface area contributed by atoms with Crippen LogP contribution in [0.15, 0.2) is 16.6 Å². The molecule has 0 saturated heterocycles. The number of ether oxygens (including phenoxy) is 2. The van der Waals surface area contributed by atoms with Crippen molar-refractivity contribution < 1.29 is 14.3 Å². The Balaban J connectivity index is 1.79. The molecule has 0 spiro atoms. The summed E-state index contributed by atoms with van der Waals surface area (Å²) in [5.74, 6) is 1.66. The summed E-state index contributed by atoms with van der Waals surface area (Å²) in [5, 5.41) is 0. The van der Waals surface area contributed by atoms with Crippen molar-refractivity contribution in [2.24, 2.45) is 0 Å². The first kappa shape index (κ1) is 14.7. The molecule has 0 bridgehead atoms. The van der Waals surface area contributed by atoms with Crippen molar-refractivity contribution in [1.82, 2.24) is 4.90 Å². The van der Waals surface area contributed by atoms with Crippen LogP contribution in [0.4, 0.5) is 0 Å². The summed E-state index contributed by atoms with van der Waals surface area (Å²) in [4.78, 5) is 14.6. The van der Waals surface area contributed by atoms with Gasteiger partial charge < -0.3 is 14.4 Å². The van der Waals surface area contributed by atoms with E-state index in [4.69, 9.17) is 9.47 Å². The Morgan fingerprint density at radius 1 is 1.29 bits per heavy atom. The molecule has 3 rings (SSSR count). The van der Waals surface area contributed by atoms with E-state index in [1.54, 1.807) is 0 Å². The second kappa shape index (κ2) is 5.87. The number of hydrogen-bond donors (Lipinski definition) is 0. The second-order valence-electron chi connectivity index (χ2n) is 5.89. The molecule has 5 heteroatoms. The third-order valence-electron chi connectivity index (χ3n) is 3.84. The van der Waals surface area contributed by atoms with Crippen LogP contribution < -0.4 is 9.47 Å². The zero-order valence-corrected chi connectivity index (χ0v) is 14.0. The molecule has 1 fully saturated rings. The highest BCUT2D eigenvalue weighted by Gasteiger charge is 2.34. The fourth-order valence-corrected chi connectivity index (χ4v) is 3.22. The van der Waals surface area contributed by atoms with Gasteiger partial charge >= 0.3 is 0 Å². The van der Waals surface area contributed by atoms with Gasteiger partial charge in [0.25, 0.3) is 0 Å². The minimum atomic E-state index is 0.185. The second-order valence-corrected chi connectivity index (χ2v) is 6.74. The number of rotatable bonds is 4. The Labute approximate surface area is 133 Å². The molecule has 114 valence electrons. The molecule has 4 nitrogen and oxygen atoms in total. The predicted molar refractivity (Wildman–Crippen MR) is 83.8 cm³/mol. The van der Waals surface area contributed by atoms with Gasteiger partial charge in [0.15, 0.2) is 11.5 Å². The molecule has 1 saturated carbocycles. The number of nitrogens with zero attached hydrogens (tertiary/aromatic N) is 1.